The van der Waals surface area contributed by atoms with Crippen molar-refractivity contribution in [1.82, 2.24) is 19.1 Å². The van der Waals surface area contributed by atoms with E-state index in [4.69, 9.17) is 11.6 Å². The molecule has 1 atom stereocenters. The average Bonchev–Trinajstić information content (AvgIpc) is 3.12. The maximum Gasteiger partial charge on any atom is 0.277 e. The van der Waals surface area contributed by atoms with Gasteiger partial charge in [0.15, 0.2) is 0 Å². The van der Waals surface area contributed by atoms with Gasteiger partial charge in [-0.05, 0) is 30.4 Å². The number of fused-ring (bicyclic) bond motifs is 1. The van der Waals surface area contributed by atoms with Crippen LogP contribution in [0.4, 0.5) is 0 Å². The second kappa shape index (κ2) is 8.24. The number of aromatic nitrogens is 3. The van der Waals surface area contributed by atoms with E-state index in [1.165, 1.54) is 15.4 Å². The number of nitrogens with zero attached hydrogens (tertiary/aromatic N) is 4. The number of rotatable bonds is 5. The maximum absolute atomic E-state index is 12.7. The molecule has 1 saturated heterocycles. The number of benzene rings is 1. The Bertz CT molecular complexity index is 1100. The molecule has 1 unspecified atom stereocenters. The summed E-state index contributed by atoms with van der Waals surface area (Å²) in [5, 5.41) is 15.6. The largest absolute Gasteiger partial charge is 0.388 e. The minimum absolute atomic E-state index is 0.0940. The zero-order chi connectivity index (χ0) is 21.3. The van der Waals surface area contributed by atoms with Crippen LogP contribution < -0.4 is 5.56 Å². The van der Waals surface area contributed by atoms with Crippen molar-refractivity contribution in [2.24, 2.45) is 0 Å². The highest BCUT2D eigenvalue weighted by atomic mass is 35.5. The van der Waals surface area contributed by atoms with Gasteiger partial charge in [-0.15, -0.1) is 0 Å². The minimum atomic E-state index is -1.05. The van der Waals surface area contributed by atoms with E-state index in [1.54, 1.807) is 12.3 Å². The maximum atomic E-state index is 12.7. The number of aliphatic hydroxyl groups is 1. The van der Waals surface area contributed by atoms with E-state index in [0.29, 0.717) is 42.9 Å². The molecule has 0 aliphatic carbocycles. The molecule has 2 aromatic heterocycles. The fourth-order valence-electron chi connectivity index (χ4n) is 4.04. The van der Waals surface area contributed by atoms with Gasteiger partial charge in [0.25, 0.3) is 5.56 Å². The summed E-state index contributed by atoms with van der Waals surface area (Å²) in [6, 6.07) is 11.6. The normalized spacial score (nSPS) is 17.2. The van der Waals surface area contributed by atoms with Crippen molar-refractivity contribution < 1.29 is 9.90 Å². The molecule has 1 aliphatic rings. The van der Waals surface area contributed by atoms with Crippen LogP contribution in [0.1, 0.15) is 37.7 Å². The van der Waals surface area contributed by atoms with E-state index in [9.17, 15) is 14.7 Å². The second-order valence-electron chi connectivity index (χ2n) is 8.17. The van der Waals surface area contributed by atoms with Crippen molar-refractivity contribution in [3.8, 4) is 0 Å². The van der Waals surface area contributed by atoms with Crippen molar-refractivity contribution in [3.05, 3.63) is 69.9 Å². The van der Waals surface area contributed by atoms with E-state index in [1.807, 2.05) is 35.2 Å². The van der Waals surface area contributed by atoms with Gasteiger partial charge in [0.2, 0.25) is 5.91 Å². The first-order valence-electron chi connectivity index (χ1n) is 10.1. The van der Waals surface area contributed by atoms with Crippen LogP contribution in [0.25, 0.3) is 5.52 Å². The Kier molecular flexibility index (Phi) is 5.66. The molecule has 4 rings (SSSR count). The van der Waals surface area contributed by atoms with Crippen molar-refractivity contribution in [2.75, 3.05) is 13.1 Å². The summed E-state index contributed by atoms with van der Waals surface area (Å²) in [6.07, 6.45) is 4.26. The van der Waals surface area contributed by atoms with Crippen LogP contribution in [0.2, 0.25) is 5.02 Å². The highest BCUT2D eigenvalue weighted by Crippen LogP contribution is 2.26. The molecule has 0 radical (unpaired) electrons. The summed E-state index contributed by atoms with van der Waals surface area (Å²) in [4.78, 5) is 27.2. The molecule has 1 fully saturated rings. The highest BCUT2D eigenvalue weighted by molar-refractivity contribution is 6.31. The molecule has 30 heavy (non-hydrogen) atoms. The monoisotopic (exact) mass is 428 g/mol. The molecule has 0 saturated carbocycles. The Morgan fingerprint density at radius 3 is 2.67 bits per heavy atom. The van der Waals surface area contributed by atoms with Gasteiger partial charge in [-0.3, -0.25) is 14.2 Å². The third kappa shape index (κ3) is 4.27. The first kappa shape index (κ1) is 20.6. The Hall–Kier alpha value is -2.64. The number of carbonyl (C=O) groups is 1. The van der Waals surface area contributed by atoms with Gasteiger partial charge in [0.05, 0.1) is 17.2 Å². The molecule has 0 bridgehead atoms. The number of likely N-dealkylation sites (tertiary alicyclic amines) is 1. The number of hydrogen-bond acceptors (Lipinski definition) is 4. The SMILES string of the molecule is CC(CC(=O)N1CCC(O)(Cn2cnn3cc(Cl)cc3c2=O)CC1)c1ccccc1. The molecule has 3 heterocycles. The van der Waals surface area contributed by atoms with E-state index >= 15 is 0 Å². The lowest BCUT2D eigenvalue weighted by Crippen LogP contribution is -2.49. The predicted molar refractivity (Wildman–Crippen MR) is 115 cm³/mol. The Morgan fingerprint density at radius 1 is 1.27 bits per heavy atom. The third-order valence-electron chi connectivity index (χ3n) is 5.92. The van der Waals surface area contributed by atoms with Crippen LogP contribution in [0.3, 0.4) is 0 Å². The van der Waals surface area contributed by atoms with Gasteiger partial charge >= 0.3 is 0 Å². The molecule has 1 aliphatic heterocycles. The molecular weight excluding hydrogens is 404 g/mol. The summed E-state index contributed by atoms with van der Waals surface area (Å²) >= 11 is 5.95. The molecule has 8 heteroatoms. The lowest BCUT2D eigenvalue weighted by molar-refractivity contribution is -0.136. The highest BCUT2D eigenvalue weighted by Gasteiger charge is 2.35. The second-order valence-corrected chi connectivity index (χ2v) is 8.61. The molecule has 3 aromatic rings. The molecule has 1 amide bonds. The molecule has 0 spiro atoms. The molecule has 158 valence electrons. The fourth-order valence-corrected chi connectivity index (χ4v) is 4.24. The summed E-state index contributed by atoms with van der Waals surface area (Å²) < 4.78 is 2.85. The van der Waals surface area contributed by atoms with Crippen LogP contribution in [0.15, 0.2) is 53.7 Å². The van der Waals surface area contributed by atoms with Gasteiger partial charge in [0, 0.05) is 25.7 Å². The van der Waals surface area contributed by atoms with Gasteiger partial charge in [-0.1, -0.05) is 48.9 Å². The van der Waals surface area contributed by atoms with E-state index < -0.39 is 5.60 Å². The molecule has 7 nitrogen and oxygen atoms in total. The van der Waals surface area contributed by atoms with Gasteiger partial charge < -0.3 is 10.0 Å². The first-order chi connectivity index (χ1) is 14.3. The van der Waals surface area contributed by atoms with Crippen molar-refractivity contribution in [1.29, 1.82) is 0 Å². The average molecular weight is 429 g/mol. The van der Waals surface area contributed by atoms with E-state index in [0.717, 1.165) is 5.56 Å². The standard InChI is InChI=1S/C22H25ClN4O3/c1-16(17-5-3-2-4-6-17)11-20(28)25-9-7-22(30,8-10-25)14-26-15-24-27-13-18(23)12-19(27)21(26)29/h2-6,12-13,15-16,30H,7-11,14H2,1H3. The Labute approximate surface area is 179 Å². The smallest absolute Gasteiger partial charge is 0.277 e. The van der Waals surface area contributed by atoms with Gasteiger partial charge in [-0.2, -0.15) is 5.10 Å². The Morgan fingerprint density at radius 2 is 1.97 bits per heavy atom. The minimum Gasteiger partial charge on any atom is -0.388 e. The summed E-state index contributed by atoms with van der Waals surface area (Å²) in [5.41, 5.74) is 0.212. The summed E-state index contributed by atoms with van der Waals surface area (Å²) in [6.45, 7) is 3.13. The van der Waals surface area contributed by atoms with Crippen LogP contribution in [-0.4, -0.2) is 48.8 Å². The topological polar surface area (TPSA) is 79.8 Å². The van der Waals surface area contributed by atoms with Crippen LogP contribution in [0, 0.1) is 0 Å². The number of hydrogen-bond donors (Lipinski definition) is 1. The van der Waals surface area contributed by atoms with Gasteiger partial charge in [-0.25, -0.2) is 4.52 Å². The molecular formula is C22H25ClN4O3. The number of piperidine rings is 1. The molecule has 1 aromatic carbocycles. The quantitative estimate of drug-likeness (QED) is 0.677. The predicted octanol–water partition coefficient (Wildman–Crippen LogP) is 2.70. The fraction of sp³-hybridized carbons (Fsp3) is 0.409. The lowest BCUT2D eigenvalue weighted by Gasteiger charge is -2.38. The van der Waals surface area contributed by atoms with Gasteiger partial charge in [0.1, 0.15) is 11.8 Å². The van der Waals surface area contributed by atoms with Crippen LogP contribution in [-0.2, 0) is 11.3 Å². The van der Waals surface area contributed by atoms with Crippen LogP contribution >= 0.6 is 11.6 Å². The number of halogens is 1. The van der Waals surface area contributed by atoms with Crippen molar-refractivity contribution >= 4 is 23.0 Å². The van der Waals surface area contributed by atoms with Crippen molar-refractivity contribution in [2.45, 2.75) is 44.2 Å². The Balaban J connectivity index is 1.38. The lowest BCUT2D eigenvalue weighted by atomic mass is 9.90. The number of carbonyl (C=O) groups excluding carboxylic acids is 1. The zero-order valence-corrected chi connectivity index (χ0v) is 17.6. The van der Waals surface area contributed by atoms with E-state index in [-0.39, 0.29) is 23.9 Å². The van der Waals surface area contributed by atoms with Crippen LogP contribution in [0.5, 0.6) is 0 Å². The molecule has 1 N–H and O–H groups in total. The third-order valence-corrected chi connectivity index (χ3v) is 6.13. The van der Waals surface area contributed by atoms with E-state index in [2.05, 4.69) is 12.0 Å². The first-order valence-corrected chi connectivity index (χ1v) is 10.5. The zero-order valence-electron chi connectivity index (χ0n) is 16.9. The summed E-state index contributed by atoms with van der Waals surface area (Å²) in [7, 11) is 0. The number of amides is 1. The summed E-state index contributed by atoms with van der Waals surface area (Å²) in [5.74, 6) is 0.237. The van der Waals surface area contributed by atoms with Crippen molar-refractivity contribution in [3.63, 3.8) is 0 Å².